The van der Waals surface area contributed by atoms with Crippen molar-refractivity contribution in [1.29, 1.82) is 0 Å². The third kappa shape index (κ3) is 3.65. The van der Waals surface area contributed by atoms with Gasteiger partial charge in [-0.15, -0.1) is 0 Å². The number of hydrogen-bond acceptors (Lipinski definition) is 4. The highest BCUT2D eigenvalue weighted by Crippen LogP contribution is 2.19. The van der Waals surface area contributed by atoms with E-state index in [2.05, 4.69) is 10.3 Å². The minimum Gasteiger partial charge on any atom is -0.347 e. The van der Waals surface area contributed by atoms with Gasteiger partial charge >= 0.3 is 0 Å². The first kappa shape index (κ1) is 19.7. The van der Waals surface area contributed by atoms with Crippen LogP contribution in [-0.4, -0.2) is 24.8 Å². The predicted octanol–water partition coefficient (Wildman–Crippen LogP) is 3.33. The van der Waals surface area contributed by atoms with Crippen LogP contribution in [0.2, 0.25) is 0 Å². The van der Waals surface area contributed by atoms with Crippen LogP contribution in [0.15, 0.2) is 84.0 Å². The molecule has 0 radical (unpaired) electrons. The molecule has 0 aliphatic rings. The second kappa shape index (κ2) is 8.11. The number of aryl methyl sites for hydroxylation is 1. The molecule has 0 fully saturated rings. The van der Waals surface area contributed by atoms with Gasteiger partial charge in [-0.05, 0) is 41.8 Å². The number of carbonyl (C=O) groups excluding carboxylic acids is 1. The molecule has 0 spiro atoms. The number of fused-ring (bicyclic) bond motifs is 2. The van der Waals surface area contributed by atoms with Crippen LogP contribution in [0.5, 0.6) is 0 Å². The van der Waals surface area contributed by atoms with E-state index in [-0.39, 0.29) is 11.5 Å². The van der Waals surface area contributed by atoms with Crippen molar-refractivity contribution < 1.29 is 4.79 Å². The van der Waals surface area contributed by atoms with Gasteiger partial charge in [-0.2, -0.15) is 0 Å². The van der Waals surface area contributed by atoms with E-state index in [1.54, 1.807) is 24.7 Å². The molecule has 7 nitrogen and oxygen atoms in total. The van der Waals surface area contributed by atoms with Gasteiger partial charge in [0.25, 0.3) is 11.5 Å². The van der Waals surface area contributed by atoms with Crippen molar-refractivity contribution in [2.75, 3.05) is 0 Å². The van der Waals surface area contributed by atoms with E-state index < -0.39 is 0 Å². The number of benzene rings is 1. The molecule has 0 aliphatic carbocycles. The number of carbonyl (C=O) groups is 1. The largest absolute Gasteiger partial charge is 0.347 e. The number of hydrogen-bond donors (Lipinski definition) is 1. The van der Waals surface area contributed by atoms with E-state index in [0.29, 0.717) is 35.5 Å². The van der Waals surface area contributed by atoms with Gasteiger partial charge in [-0.1, -0.05) is 42.5 Å². The molecule has 1 N–H and O–H groups in total. The number of nitrogens with zero attached hydrogens (tertiary/aromatic N) is 4. The average Bonchev–Trinajstić information content (AvgIpc) is 3.18. The Morgan fingerprint density at radius 2 is 1.84 bits per heavy atom. The summed E-state index contributed by atoms with van der Waals surface area (Å²) in [5.41, 5.74) is 4.10. The third-order valence-corrected chi connectivity index (χ3v) is 5.40. The summed E-state index contributed by atoms with van der Waals surface area (Å²) in [5.74, 6) is -0.271. The highest BCUT2D eigenvalue weighted by Gasteiger charge is 2.20. The Labute approximate surface area is 184 Å². The highest BCUT2D eigenvalue weighted by molar-refractivity contribution is 5.98. The maximum absolute atomic E-state index is 13.2. The minimum atomic E-state index is -0.271. The summed E-state index contributed by atoms with van der Waals surface area (Å²) in [5, 5.41) is 3.35. The van der Waals surface area contributed by atoms with Gasteiger partial charge in [0.05, 0.1) is 5.39 Å². The lowest BCUT2D eigenvalue weighted by atomic mass is 10.2. The second-order valence-corrected chi connectivity index (χ2v) is 7.73. The summed E-state index contributed by atoms with van der Waals surface area (Å²) < 4.78 is 3.34. The molecule has 0 unspecified atom stereocenters. The first-order valence-corrected chi connectivity index (χ1v) is 10.3. The zero-order valence-electron chi connectivity index (χ0n) is 17.5. The van der Waals surface area contributed by atoms with Gasteiger partial charge in [0.1, 0.15) is 17.0 Å². The van der Waals surface area contributed by atoms with Crippen LogP contribution in [0, 0.1) is 6.92 Å². The molecule has 0 saturated carbocycles. The van der Waals surface area contributed by atoms with E-state index in [4.69, 9.17) is 4.98 Å². The Balaban J connectivity index is 1.63. The fourth-order valence-corrected chi connectivity index (χ4v) is 3.80. The summed E-state index contributed by atoms with van der Waals surface area (Å²) in [6.07, 6.45) is 5.16. The topological polar surface area (TPSA) is 81.3 Å². The molecule has 4 heterocycles. The lowest BCUT2D eigenvalue weighted by molar-refractivity contribution is 0.0942. The van der Waals surface area contributed by atoms with Crippen LogP contribution in [0.3, 0.4) is 0 Å². The Bertz CT molecular complexity index is 1490. The monoisotopic (exact) mass is 423 g/mol. The fourth-order valence-electron chi connectivity index (χ4n) is 3.80. The van der Waals surface area contributed by atoms with Crippen LogP contribution in [0.1, 0.15) is 27.2 Å². The summed E-state index contributed by atoms with van der Waals surface area (Å²) in [6, 6.07) is 18.9. The van der Waals surface area contributed by atoms with E-state index in [1.807, 2.05) is 66.1 Å². The predicted molar refractivity (Wildman–Crippen MR) is 123 cm³/mol. The quantitative estimate of drug-likeness (QED) is 0.470. The van der Waals surface area contributed by atoms with Crippen molar-refractivity contribution in [2.24, 2.45) is 0 Å². The van der Waals surface area contributed by atoms with Crippen LogP contribution in [0.25, 0.3) is 16.7 Å². The molecule has 1 aromatic carbocycles. The zero-order chi connectivity index (χ0) is 22.1. The number of nitrogens with one attached hydrogen (secondary N) is 1. The molecule has 4 aromatic heterocycles. The van der Waals surface area contributed by atoms with Crippen molar-refractivity contribution in [3.05, 3.63) is 112 Å². The summed E-state index contributed by atoms with van der Waals surface area (Å²) >= 11 is 0. The Kier molecular flexibility index (Phi) is 4.99. The van der Waals surface area contributed by atoms with E-state index in [1.165, 1.54) is 4.40 Å². The molecule has 32 heavy (non-hydrogen) atoms. The molecule has 5 aromatic rings. The van der Waals surface area contributed by atoms with Gasteiger partial charge in [0, 0.05) is 31.7 Å². The van der Waals surface area contributed by atoms with Gasteiger partial charge in [0.2, 0.25) is 0 Å². The first-order chi connectivity index (χ1) is 15.6. The molecular formula is C25H21N5O2. The zero-order valence-corrected chi connectivity index (χ0v) is 17.5. The van der Waals surface area contributed by atoms with Crippen LogP contribution in [0.4, 0.5) is 0 Å². The molecule has 0 aliphatic heterocycles. The minimum absolute atomic E-state index is 0.193. The van der Waals surface area contributed by atoms with Crippen LogP contribution in [-0.2, 0) is 13.1 Å². The molecule has 5 rings (SSSR count). The smallest absolute Gasteiger partial charge is 0.268 e. The van der Waals surface area contributed by atoms with Crippen molar-refractivity contribution in [3.63, 3.8) is 0 Å². The average molecular weight is 423 g/mol. The summed E-state index contributed by atoms with van der Waals surface area (Å²) in [6.45, 7) is 2.69. The van der Waals surface area contributed by atoms with Gasteiger partial charge in [-0.3, -0.25) is 19.0 Å². The normalized spacial score (nSPS) is 11.2. The van der Waals surface area contributed by atoms with E-state index in [0.717, 1.165) is 16.7 Å². The lowest BCUT2D eigenvalue weighted by Crippen LogP contribution is -2.25. The molecular weight excluding hydrogens is 402 g/mol. The molecule has 0 saturated heterocycles. The Morgan fingerprint density at radius 3 is 2.62 bits per heavy atom. The summed E-state index contributed by atoms with van der Waals surface area (Å²) in [4.78, 5) is 35.2. The maximum Gasteiger partial charge on any atom is 0.268 e. The number of pyridine rings is 2. The maximum atomic E-state index is 13.2. The van der Waals surface area contributed by atoms with Gasteiger partial charge < -0.3 is 9.88 Å². The van der Waals surface area contributed by atoms with Crippen molar-refractivity contribution >= 4 is 22.6 Å². The van der Waals surface area contributed by atoms with E-state index >= 15 is 0 Å². The standard InChI is InChI=1S/C25H21N5O2/c1-17-9-10-22-28-23-20(25(32)30(22)15-17)12-21(29(23)16-18-6-3-2-4-7-18)24(31)27-14-19-8-5-11-26-13-19/h2-13,15H,14,16H2,1H3,(H,27,31). The molecule has 0 atom stereocenters. The Hall–Kier alpha value is -4.26. The molecule has 7 heteroatoms. The lowest BCUT2D eigenvalue weighted by Gasteiger charge is -2.11. The third-order valence-electron chi connectivity index (χ3n) is 5.40. The van der Waals surface area contributed by atoms with Crippen molar-refractivity contribution in [2.45, 2.75) is 20.0 Å². The van der Waals surface area contributed by atoms with E-state index in [9.17, 15) is 9.59 Å². The summed E-state index contributed by atoms with van der Waals surface area (Å²) in [7, 11) is 0. The van der Waals surface area contributed by atoms with Gasteiger partial charge in [0.15, 0.2) is 0 Å². The SMILES string of the molecule is Cc1ccc2nc3c(cc(C(=O)NCc4cccnc4)n3Cc3ccccc3)c(=O)n2c1. The van der Waals surface area contributed by atoms with Crippen molar-refractivity contribution in [3.8, 4) is 0 Å². The molecule has 1 amide bonds. The van der Waals surface area contributed by atoms with Crippen molar-refractivity contribution in [1.82, 2.24) is 24.3 Å². The van der Waals surface area contributed by atoms with Gasteiger partial charge in [-0.25, -0.2) is 4.98 Å². The van der Waals surface area contributed by atoms with Crippen LogP contribution >= 0.6 is 0 Å². The number of amides is 1. The molecule has 0 bridgehead atoms. The first-order valence-electron chi connectivity index (χ1n) is 10.3. The second-order valence-electron chi connectivity index (χ2n) is 7.73. The fraction of sp³-hybridized carbons (Fsp3) is 0.120. The van der Waals surface area contributed by atoms with Crippen LogP contribution < -0.4 is 10.9 Å². The number of rotatable bonds is 5. The number of aromatic nitrogens is 4. The highest BCUT2D eigenvalue weighted by atomic mass is 16.2. The Morgan fingerprint density at radius 1 is 1.03 bits per heavy atom. The molecule has 158 valence electrons.